The molecule has 0 radical (unpaired) electrons. The van der Waals surface area contributed by atoms with E-state index >= 15 is 0 Å². The smallest absolute Gasteiger partial charge is 0.317 e. The van der Waals surface area contributed by atoms with Crippen LogP contribution in [0.3, 0.4) is 0 Å². The number of ether oxygens (including phenoxy) is 1. The van der Waals surface area contributed by atoms with E-state index in [9.17, 15) is 9.59 Å². The minimum atomic E-state index is -0.712. The molecule has 0 fully saturated rings. The van der Waals surface area contributed by atoms with Gasteiger partial charge in [-0.05, 0) is 48.0 Å². The highest BCUT2D eigenvalue weighted by molar-refractivity contribution is 7.98. The number of rotatable bonds is 9. The molecule has 0 unspecified atom stereocenters. The van der Waals surface area contributed by atoms with Crippen molar-refractivity contribution in [3.8, 4) is 16.2 Å². The zero-order chi connectivity index (χ0) is 20.6. The van der Waals surface area contributed by atoms with Crippen LogP contribution in [0.2, 0.25) is 0 Å². The maximum absolute atomic E-state index is 12.6. The van der Waals surface area contributed by atoms with Crippen LogP contribution >= 0.6 is 23.1 Å². The maximum atomic E-state index is 12.6. The minimum absolute atomic E-state index is 0.261. The van der Waals surface area contributed by atoms with Gasteiger partial charge in [-0.1, -0.05) is 0 Å². The summed E-state index contributed by atoms with van der Waals surface area (Å²) in [5.74, 6) is 2.86. The number of carbonyl (C=O) groups excluding carboxylic acids is 2. The highest BCUT2D eigenvalue weighted by atomic mass is 32.2. The number of urea groups is 1. The van der Waals surface area contributed by atoms with Gasteiger partial charge in [-0.2, -0.15) is 11.8 Å². The van der Waals surface area contributed by atoms with E-state index in [1.165, 1.54) is 11.3 Å². The fourth-order valence-corrected chi connectivity index (χ4v) is 4.38. The number of hydrogen-bond acceptors (Lipinski definition) is 6. The third kappa shape index (κ3) is 5.78. The first-order valence-corrected chi connectivity index (χ1v) is 10.8. The summed E-state index contributed by atoms with van der Waals surface area (Å²) in [6.45, 7) is 0.494. The summed E-state index contributed by atoms with van der Waals surface area (Å²) in [7, 11) is 1.60. The summed E-state index contributed by atoms with van der Waals surface area (Å²) < 4.78 is 10.4. The SMILES string of the molecule is COc1ccc(-c2cc(C(=O)NCCSCc3ccco3)c(NC(N)=O)s2)cc1. The number of thioether (sulfide) groups is 1. The van der Waals surface area contributed by atoms with Crippen molar-refractivity contribution in [3.63, 3.8) is 0 Å². The van der Waals surface area contributed by atoms with Crippen molar-refractivity contribution in [2.75, 3.05) is 24.7 Å². The van der Waals surface area contributed by atoms with Crippen molar-refractivity contribution >= 4 is 40.0 Å². The Morgan fingerprint density at radius 2 is 2.03 bits per heavy atom. The number of anilines is 1. The number of amides is 3. The average molecular weight is 432 g/mol. The third-order valence-corrected chi connectivity index (χ3v) is 6.03. The number of nitrogens with two attached hydrogens (primary N) is 1. The standard InChI is InChI=1S/C20H21N3O4S2/c1-26-14-6-4-13(5-7-14)17-11-16(19(29-17)23-20(21)25)18(24)22-8-10-28-12-15-3-2-9-27-15/h2-7,9,11H,8,10,12H2,1H3,(H,22,24)(H3,21,23,25). The first-order chi connectivity index (χ1) is 14.1. The van der Waals surface area contributed by atoms with Crippen molar-refractivity contribution in [3.05, 3.63) is 60.1 Å². The molecule has 3 aromatic rings. The monoisotopic (exact) mass is 431 g/mol. The number of methoxy groups -OCH3 is 1. The average Bonchev–Trinajstić information content (AvgIpc) is 3.37. The Hall–Kier alpha value is -2.91. The Balaban J connectivity index is 1.64. The fraction of sp³-hybridized carbons (Fsp3) is 0.200. The fourth-order valence-electron chi connectivity index (χ4n) is 2.56. The molecular weight excluding hydrogens is 410 g/mol. The second kappa shape index (κ2) is 10.0. The highest BCUT2D eigenvalue weighted by Gasteiger charge is 2.18. The number of hydrogen-bond donors (Lipinski definition) is 3. The van der Waals surface area contributed by atoms with Crippen molar-refractivity contribution in [2.24, 2.45) is 5.73 Å². The summed E-state index contributed by atoms with van der Waals surface area (Å²) in [4.78, 5) is 24.8. The van der Waals surface area contributed by atoms with E-state index in [0.717, 1.165) is 33.5 Å². The number of furan rings is 1. The second-order valence-corrected chi connectivity index (χ2v) is 8.12. The maximum Gasteiger partial charge on any atom is 0.317 e. The molecule has 1 aromatic carbocycles. The van der Waals surface area contributed by atoms with Gasteiger partial charge in [-0.3, -0.25) is 10.1 Å². The van der Waals surface area contributed by atoms with Crippen molar-refractivity contribution in [2.45, 2.75) is 5.75 Å². The molecular formula is C20H21N3O4S2. The van der Waals surface area contributed by atoms with E-state index in [-0.39, 0.29) is 5.91 Å². The van der Waals surface area contributed by atoms with Crippen LogP contribution in [0.1, 0.15) is 16.1 Å². The first-order valence-electron chi connectivity index (χ1n) is 8.80. The lowest BCUT2D eigenvalue weighted by atomic mass is 10.1. The van der Waals surface area contributed by atoms with Crippen molar-refractivity contribution in [1.82, 2.24) is 5.32 Å². The predicted molar refractivity (Wildman–Crippen MR) is 117 cm³/mol. The van der Waals surface area contributed by atoms with Crippen LogP contribution in [-0.2, 0) is 5.75 Å². The summed E-state index contributed by atoms with van der Waals surface area (Å²) >= 11 is 2.95. The minimum Gasteiger partial charge on any atom is -0.497 e. The molecule has 9 heteroatoms. The Kier molecular flexibility index (Phi) is 7.20. The van der Waals surface area contributed by atoms with Crippen LogP contribution in [0.4, 0.5) is 9.80 Å². The number of benzene rings is 1. The van der Waals surface area contributed by atoms with Gasteiger partial charge in [0.1, 0.15) is 16.5 Å². The van der Waals surface area contributed by atoms with Crippen LogP contribution in [-0.4, -0.2) is 31.3 Å². The van der Waals surface area contributed by atoms with Gasteiger partial charge in [0.15, 0.2) is 0 Å². The van der Waals surface area contributed by atoms with Crippen molar-refractivity contribution in [1.29, 1.82) is 0 Å². The van der Waals surface area contributed by atoms with Crippen molar-refractivity contribution < 1.29 is 18.7 Å². The van der Waals surface area contributed by atoms with E-state index < -0.39 is 6.03 Å². The normalized spacial score (nSPS) is 10.5. The summed E-state index contributed by atoms with van der Waals surface area (Å²) in [6, 6.07) is 12.3. The van der Waals surface area contributed by atoms with Crippen LogP contribution in [0.15, 0.2) is 53.1 Å². The molecule has 0 aliphatic carbocycles. The van der Waals surface area contributed by atoms with Gasteiger partial charge in [0.2, 0.25) is 0 Å². The quantitative estimate of drug-likeness (QED) is 0.441. The lowest BCUT2D eigenvalue weighted by Crippen LogP contribution is -2.27. The molecule has 2 aromatic heterocycles. The van der Waals surface area contributed by atoms with Gasteiger partial charge in [0.25, 0.3) is 5.91 Å². The molecule has 0 aliphatic heterocycles. The molecule has 0 spiro atoms. The molecule has 0 saturated carbocycles. The Morgan fingerprint density at radius 3 is 2.69 bits per heavy atom. The zero-order valence-electron chi connectivity index (χ0n) is 15.8. The molecule has 0 saturated heterocycles. The van der Waals surface area contributed by atoms with E-state index in [4.69, 9.17) is 14.9 Å². The molecule has 4 N–H and O–H groups in total. The van der Waals surface area contributed by atoms with Gasteiger partial charge in [0.05, 0.1) is 24.7 Å². The van der Waals surface area contributed by atoms with Crippen LogP contribution in [0.25, 0.3) is 10.4 Å². The van der Waals surface area contributed by atoms with Crippen LogP contribution in [0.5, 0.6) is 5.75 Å². The molecule has 0 atom stereocenters. The zero-order valence-corrected chi connectivity index (χ0v) is 17.4. The lowest BCUT2D eigenvalue weighted by molar-refractivity contribution is 0.0957. The van der Waals surface area contributed by atoms with Gasteiger partial charge < -0.3 is 20.2 Å². The molecule has 3 amide bonds. The number of primary amides is 1. The van der Waals surface area contributed by atoms with E-state index in [1.54, 1.807) is 31.2 Å². The Labute approximate surface area is 176 Å². The second-order valence-electron chi connectivity index (χ2n) is 5.96. The Morgan fingerprint density at radius 1 is 1.24 bits per heavy atom. The summed E-state index contributed by atoms with van der Waals surface area (Å²) in [6.07, 6.45) is 1.64. The topological polar surface area (TPSA) is 107 Å². The molecule has 7 nitrogen and oxygen atoms in total. The summed E-state index contributed by atoms with van der Waals surface area (Å²) in [5, 5.41) is 5.84. The molecule has 29 heavy (non-hydrogen) atoms. The molecule has 0 aliphatic rings. The Bertz CT molecular complexity index is 953. The van der Waals surface area contributed by atoms with Crippen LogP contribution < -0.4 is 21.1 Å². The third-order valence-electron chi connectivity index (χ3n) is 3.94. The number of carbonyl (C=O) groups is 2. The van der Waals surface area contributed by atoms with Gasteiger partial charge >= 0.3 is 6.03 Å². The largest absolute Gasteiger partial charge is 0.497 e. The van der Waals surface area contributed by atoms with Crippen LogP contribution in [0, 0.1) is 0 Å². The predicted octanol–water partition coefficient (Wildman–Crippen LogP) is 4.17. The lowest BCUT2D eigenvalue weighted by Gasteiger charge is -2.06. The van der Waals surface area contributed by atoms with E-state index in [2.05, 4.69) is 10.6 Å². The van der Waals surface area contributed by atoms with Gasteiger partial charge in [0, 0.05) is 17.2 Å². The first kappa shape index (κ1) is 20.8. The summed E-state index contributed by atoms with van der Waals surface area (Å²) in [5.41, 5.74) is 6.56. The van der Waals surface area contributed by atoms with E-state index in [1.807, 2.05) is 36.4 Å². The number of nitrogens with one attached hydrogen (secondary N) is 2. The van der Waals surface area contributed by atoms with Gasteiger partial charge in [-0.15, -0.1) is 11.3 Å². The molecule has 3 rings (SSSR count). The molecule has 0 bridgehead atoms. The molecule has 2 heterocycles. The van der Waals surface area contributed by atoms with E-state index in [0.29, 0.717) is 17.1 Å². The molecule has 152 valence electrons. The highest BCUT2D eigenvalue weighted by Crippen LogP contribution is 2.36. The van der Waals surface area contributed by atoms with Gasteiger partial charge in [-0.25, -0.2) is 4.79 Å². The number of thiophene rings is 1.